The standard InChI is InChI=1S/C28H33NO7/c1-8-35-27(30)21-15-29(20-11-17(3)10-18(4)12-20)16-22(28(31)36-9-2)25(21)19-13-23(32-5)26(34-7)24(14-19)33-6/h10-16,25H,8-9H2,1-7H3. The highest BCUT2D eigenvalue weighted by molar-refractivity contribution is 6.00. The molecule has 1 aliphatic rings. The van der Waals surface area contributed by atoms with Gasteiger partial charge >= 0.3 is 11.9 Å². The topological polar surface area (TPSA) is 83.5 Å². The van der Waals surface area contributed by atoms with Gasteiger partial charge in [0, 0.05) is 18.1 Å². The minimum absolute atomic E-state index is 0.181. The predicted molar refractivity (Wildman–Crippen MR) is 137 cm³/mol. The summed E-state index contributed by atoms with van der Waals surface area (Å²) in [5.41, 5.74) is 4.04. The van der Waals surface area contributed by atoms with Crippen LogP contribution in [0.5, 0.6) is 17.2 Å². The lowest BCUT2D eigenvalue weighted by Crippen LogP contribution is -2.29. The molecule has 0 atom stereocenters. The number of esters is 2. The van der Waals surface area contributed by atoms with Gasteiger partial charge in [0.1, 0.15) is 0 Å². The van der Waals surface area contributed by atoms with E-state index in [-0.39, 0.29) is 24.4 Å². The van der Waals surface area contributed by atoms with Gasteiger partial charge in [0.05, 0.1) is 51.6 Å². The number of carbonyl (C=O) groups is 2. The number of aryl methyl sites for hydroxylation is 2. The van der Waals surface area contributed by atoms with Gasteiger partial charge in [-0.2, -0.15) is 0 Å². The summed E-state index contributed by atoms with van der Waals surface area (Å²) in [7, 11) is 4.53. The molecular formula is C28H33NO7. The van der Waals surface area contributed by atoms with Gasteiger partial charge in [0.25, 0.3) is 0 Å². The van der Waals surface area contributed by atoms with E-state index in [9.17, 15) is 9.59 Å². The van der Waals surface area contributed by atoms with Crippen LogP contribution < -0.4 is 19.1 Å². The molecule has 0 amide bonds. The summed E-state index contributed by atoms with van der Waals surface area (Å²) in [6, 6.07) is 9.45. The van der Waals surface area contributed by atoms with Crippen LogP contribution in [-0.2, 0) is 19.1 Å². The van der Waals surface area contributed by atoms with Gasteiger partial charge in [-0.05, 0) is 68.7 Å². The Kier molecular flexibility index (Phi) is 8.64. The first-order chi connectivity index (χ1) is 17.3. The maximum absolute atomic E-state index is 13.3. The first-order valence-electron chi connectivity index (χ1n) is 11.7. The van der Waals surface area contributed by atoms with Crippen molar-refractivity contribution < 1.29 is 33.3 Å². The van der Waals surface area contributed by atoms with Crippen LogP contribution in [0, 0.1) is 13.8 Å². The molecule has 1 heterocycles. The molecule has 0 radical (unpaired) electrons. The molecule has 0 saturated heterocycles. The summed E-state index contributed by atoms with van der Waals surface area (Å²) in [5, 5.41) is 0. The van der Waals surface area contributed by atoms with Crippen molar-refractivity contribution in [3.8, 4) is 17.2 Å². The van der Waals surface area contributed by atoms with Gasteiger partial charge in [-0.25, -0.2) is 9.59 Å². The number of methoxy groups -OCH3 is 3. The van der Waals surface area contributed by atoms with E-state index in [2.05, 4.69) is 6.07 Å². The van der Waals surface area contributed by atoms with Crippen molar-refractivity contribution in [2.75, 3.05) is 39.4 Å². The second-order valence-electron chi connectivity index (χ2n) is 8.25. The molecule has 36 heavy (non-hydrogen) atoms. The Morgan fingerprint density at radius 1 is 0.750 bits per heavy atom. The number of ether oxygens (including phenoxy) is 5. The second kappa shape index (κ2) is 11.7. The van der Waals surface area contributed by atoms with Crippen molar-refractivity contribution in [2.24, 2.45) is 0 Å². The first kappa shape index (κ1) is 26.7. The van der Waals surface area contributed by atoms with Crippen molar-refractivity contribution in [3.63, 3.8) is 0 Å². The molecule has 0 spiro atoms. The van der Waals surface area contributed by atoms with E-state index in [1.807, 2.05) is 26.0 Å². The van der Waals surface area contributed by atoms with Crippen molar-refractivity contribution in [2.45, 2.75) is 33.6 Å². The van der Waals surface area contributed by atoms with Gasteiger partial charge in [-0.3, -0.25) is 0 Å². The van der Waals surface area contributed by atoms with Gasteiger partial charge in [-0.1, -0.05) is 6.07 Å². The summed E-state index contributed by atoms with van der Waals surface area (Å²) in [6.45, 7) is 7.82. The summed E-state index contributed by atoms with van der Waals surface area (Å²) < 4.78 is 27.3. The zero-order valence-electron chi connectivity index (χ0n) is 21.8. The Morgan fingerprint density at radius 3 is 1.61 bits per heavy atom. The molecule has 2 aromatic carbocycles. The first-order valence-corrected chi connectivity index (χ1v) is 11.7. The molecule has 0 unspecified atom stereocenters. The molecule has 2 aromatic rings. The minimum atomic E-state index is -0.793. The lowest BCUT2D eigenvalue weighted by atomic mass is 9.82. The normalized spacial score (nSPS) is 13.5. The number of nitrogens with zero attached hydrogens (tertiary/aromatic N) is 1. The predicted octanol–water partition coefficient (Wildman–Crippen LogP) is 4.83. The molecule has 1 aliphatic heterocycles. The van der Waals surface area contributed by atoms with Crippen molar-refractivity contribution in [3.05, 3.63) is 70.6 Å². The van der Waals surface area contributed by atoms with Crippen LogP contribution in [0.3, 0.4) is 0 Å². The average molecular weight is 496 g/mol. The van der Waals surface area contributed by atoms with Gasteiger partial charge in [0.2, 0.25) is 5.75 Å². The summed E-state index contributed by atoms with van der Waals surface area (Å²) in [5.74, 6) is -0.676. The number of hydrogen-bond acceptors (Lipinski definition) is 8. The van der Waals surface area contributed by atoms with Crippen LogP contribution >= 0.6 is 0 Å². The Balaban J connectivity index is 2.29. The van der Waals surface area contributed by atoms with Crippen LogP contribution in [-0.4, -0.2) is 46.5 Å². The number of hydrogen-bond donors (Lipinski definition) is 0. The molecule has 0 N–H and O–H groups in total. The summed E-state index contributed by atoms with van der Waals surface area (Å²) in [4.78, 5) is 28.3. The molecule has 0 saturated carbocycles. The van der Waals surface area contributed by atoms with Gasteiger partial charge in [0.15, 0.2) is 11.5 Å². The second-order valence-corrected chi connectivity index (χ2v) is 8.25. The zero-order chi connectivity index (χ0) is 26.4. The fourth-order valence-electron chi connectivity index (χ4n) is 4.30. The summed E-state index contributed by atoms with van der Waals surface area (Å²) >= 11 is 0. The molecule has 3 rings (SSSR count). The third-order valence-electron chi connectivity index (χ3n) is 5.73. The van der Waals surface area contributed by atoms with Crippen molar-refractivity contribution >= 4 is 17.6 Å². The lowest BCUT2D eigenvalue weighted by Gasteiger charge is -2.31. The maximum Gasteiger partial charge on any atom is 0.336 e. The van der Waals surface area contributed by atoms with E-state index in [0.717, 1.165) is 16.8 Å². The van der Waals surface area contributed by atoms with E-state index >= 15 is 0 Å². The zero-order valence-corrected chi connectivity index (χ0v) is 21.8. The lowest BCUT2D eigenvalue weighted by molar-refractivity contribution is -0.139. The van der Waals surface area contributed by atoms with Crippen LogP contribution in [0.2, 0.25) is 0 Å². The molecular weight excluding hydrogens is 462 g/mol. The number of carbonyl (C=O) groups excluding carboxylic acids is 2. The molecule has 192 valence electrons. The molecule has 8 nitrogen and oxygen atoms in total. The molecule has 0 aromatic heterocycles. The third-order valence-corrected chi connectivity index (χ3v) is 5.73. The highest BCUT2D eigenvalue weighted by Gasteiger charge is 2.37. The number of anilines is 1. The largest absolute Gasteiger partial charge is 0.493 e. The fourth-order valence-corrected chi connectivity index (χ4v) is 4.30. The van der Waals surface area contributed by atoms with Crippen LogP contribution in [0.25, 0.3) is 0 Å². The Bertz CT molecular complexity index is 1120. The SMILES string of the molecule is CCOC(=O)C1=CN(c2cc(C)cc(C)c2)C=C(C(=O)OCC)C1c1cc(OC)c(OC)c(OC)c1. The van der Waals surface area contributed by atoms with E-state index in [0.29, 0.717) is 22.8 Å². The fraction of sp³-hybridized carbons (Fsp3) is 0.357. The monoisotopic (exact) mass is 495 g/mol. The van der Waals surface area contributed by atoms with Crippen LogP contribution in [0.4, 0.5) is 5.69 Å². The van der Waals surface area contributed by atoms with E-state index in [4.69, 9.17) is 23.7 Å². The van der Waals surface area contributed by atoms with E-state index < -0.39 is 17.9 Å². The molecule has 0 aliphatic carbocycles. The Morgan fingerprint density at radius 2 is 1.22 bits per heavy atom. The number of rotatable bonds is 9. The highest BCUT2D eigenvalue weighted by atomic mass is 16.5. The van der Waals surface area contributed by atoms with Crippen molar-refractivity contribution in [1.82, 2.24) is 0 Å². The van der Waals surface area contributed by atoms with Crippen molar-refractivity contribution in [1.29, 1.82) is 0 Å². The number of benzene rings is 2. The molecule has 8 heteroatoms. The minimum Gasteiger partial charge on any atom is -0.493 e. The highest BCUT2D eigenvalue weighted by Crippen LogP contribution is 2.45. The van der Waals surface area contributed by atoms with E-state index in [1.165, 1.54) is 21.3 Å². The van der Waals surface area contributed by atoms with Gasteiger partial charge < -0.3 is 28.6 Å². The van der Waals surface area contributed by atoms with Crippen LogP contribution in [0.15, 0.2) is 53.9 Å². The Hall–Kier alpha value is -3.94. The smallest absolute Gasteiger partial charge is 0.336 e. The molecule has 0 bridgehead atoms. The maximum atomic E-state index is 13.3. The molecule has 0 fully saturated rings. The Labute approximate surface area is 212 Å². The quantitative estimate of drug-likeness (QED) is 0.458. The third kappa shape index (κ3) is 5.48. The van der Waals surface area contributed by atoms with Gasteiger partial charge in [-0.15, -0.1) is 0 Å². The average Bonchev–Trinajstić information content (AvgIpc) is 2.86. The van der Waals surface area contributed by atoms with Crippen LogP contribution in [0.1, 0.15) is 36.5 Å². The van der Waals surface area contributed by atoms with E-state index in [1.54, 1.807) is 43.3 Å². The summed E-state index contributed by atoms with van der Waals surface area (Å²) in [6.07, 6.45) is 3.39.